The second-order valence-corrected chi connectivity index (χ2v) is 6.85. The molecule has 1 saturated heterocycles. The number of amides is 1. The quantitative estimate of drug-likeness (QED) is 0.788. The summed E-state index contributed by atoms with van der Waals surface area (Å²) in [5.74, 6) is 1.06. The molecule has 1 aliphatic heterocycles. The lowest BCUT2D eigenvalue weighted by Gasteiger charge is -2.17. The van der Waals surface area contributed by atoms with E-state index >= 15 is 0 Å². The molecular formula is C21H23N3O2. The number of likely N-dealkylation sites (tertiary alicyclic amines) is 1. The van der Waals surface area contributed by atoms with Crippen LogP contribution < -0.4 is 10.5 Å². The largest absolute Gasteiger partial charge is 0.497 e. The maximum absolute atomic E-state index is 12.8. The SMILES string of the molecule is COc1cccc([C@@H]2CN(C(=O)Cn3ccc4ccccc43)C[C@H]2N)c1. The van der Waals surface area contributed by atoms with Crippen molar-refractivity contribution in [1.82, 2.24) is 9.47 Å². The molecule has 0 spiro atoms. The van der Waals surface area contributed by atoms with E-state index in [1.54, 1.807) is 7.11 Å². The van der Waals surface area contributed by atoms with E-state index in [1.807, 2.05) is 58.1 Å². The fourth-order valence-corrected chi connectivity index (χ4v) is 3.78. The summed E-state index contributed by atoms with van der Waals surface area (Å²) < 4.78 is 7.31. The summed E-state index contributed by atoms with van der Waals surface area (Å²) in [6, 6.07) is 18.0. The molecule has 134 valence electrons. The number of nitrogens with zero attached hydrogens (tertiary/aromatic N) is 2. The molecule has 1 aliphatic rings. The number of hydrogen-bond donors (Lipinski definition) is 1. The van der Waals surface area contributed by atoms with E-state index in [4.69, 9.17) is 10.5 Å². The van der Waals surface area contributed by atoms with Crippen LogP contribution in [0.5, 0.6) is 5.75 Å². The number of carbonyl (C=O) groups excluding carboxylic acids is 1. The molecule has 2 N–H and O–H groups in total. The van der Waals surface area contributed by atoms with Gasteiger partial charge in [0.25, 0.3) is 0 Å². The molecule has 2 atom stereocenters. The van der Waals surface area contributed by atoms with Crippen LogP contribution in [0.15, 0.2) is 60.8 Å². The van der Waals surface area contributed by atoms with Crippen molar-refractivity contribution < 1.29 is 9.53 Å². The van der Waals surface area contributed by atoms with Gasteiger partial charge in [0.05, 0.1) is 7.11 Å². The van der Waals surface area contributed by atoms with Crippen molar-refractivity contribution in [2.45, 2.75) is 18.5 Å². The maximum atomic E-state index is 12.8. The highest BCUT2D eigenvalue weighted by atomic mass is 16.5. The number of benzene rings is 2. The Morgan fingerprint density at radius 2 is 2.00 bits per heavy atom. The number of rotatable bonds is 4. The van der Waals surface area contributed by atoms with Gasteiger partial charge in [-0.15, -0.1) is 0 Å². The second kappa shape index (κ2) is 6.84. The predicted molar refractivity (Wildman–Crippen MR) is 102 cm³/mol. The van der Waals surface area contributed by atoms with Crippen LogP contribution >= 0.6 is 0 Å². The Kier molecular flexibility index (Phi) is 4.39. The summed E-state index contributed by atoms with van der Waals surface area (Å²) in [6.45, 7) is 1.57. The van der Waals surface area contributed by atoms with Gasteiger partial charge in [0, 0.05) is 36.8 Å². The minimum atomic E-state index is -0.0625. The van der Waals surface area contributed by atoms with Gasteiger partial charge < -0.3 is 19.9 Å². The van der Waals surface area contributed by atoms with E-state index in [0.29, 0.717) is 19.6 Å². The first-order valence-corrected chi connectivity index (χ1v) is 8.87. The van der Waals surface area contributed by atoms with Gasteiger partial charge in [0.15, 0.2) is 0 Å². The molecule has 26 heavy (non-hydrogen) atoms. The first kappa shape index (κ1) is 16.7. The van der Waals surface area contributed by atoms with Crippen molar-refractivity contribution in [3.8, 4) is 5.75 Å². The number of hydrogen-bond acceptors (Lipinski definition) is 3. The monoisotopic (exact) mass is 349 g/mol. The zero-order chi connectivity index (χ0) is 18.1. The molecule has 0 saturated carbocycles. The molecule has 3 aromatic rings. The van der Waals surface area contributed by atoms with Gasteiger partial charge in [0.2, 0.25) is 5.91 Å². The number of ether oxygens (including phenoxy) is 1. The topological polar surface area (TPSA) is 60.5 Å². The van der Waals surface area contributed by atoms with Crippen molar-refractivity contribution >= 4 is 16.8 Å². The number of carbonyl (C=O) groups is 1. The number of fused-ring (bicyclic) bond motifs is 1. The van der Waals surface area contributed by atoms with Gasteiger partial charge in [-0.25, -0.2) is 0 Å². The van der Waals surface area contributed by atoms with Crippen molar-refractivity contribution in [3.05, 3.63) is 66.4 Å². The molecule has 2 heterocycles. The fraction of sp³-hybridized carbons (Fsp3) is 0.286. The molecule has 0 radical (unpaired) electrons. The standard InChI is InChI=1S/C21H23N3O2/c1-26-17-7-4-6-16(11-17)18-12-24(13-19(18)22)21(25)14-23-10-9-15-5-2-3-8-20(15)23/h2-11,18-19H,12-14,22H2,1H3/t18-,19+/m0/s1. The average molecular weight is 349 g/mol. The van der Waals surface area contributed by atoms with Crippen LogP contribution in [-0.2, 0) is 11.3 Å². The van der Waals surface area contributed by atoms with Crippen molar-refractivity contribution in [1.29, 1.82) is 0 Å². The smallest absolute Gasteiger partial charge is 0.242 e. The molecule has 0 unspecified atom stereocenters. The summed E-state index contributed by atoms with van der Waals surface area (Å²) in [7, 11) is 1.66. The molecule has 4 rings (SSSR count). The van der Waals surface area contributed by atoms with Crippen LogP contribution in [0.3, 0.4) is 0 Å². The van der Waals surface area contributed by atoms with E-state index < -0.39 is 0 Å². The van der Waals surface area contributed by atoms with E-state index in [9.17, 15) is 4.79 Å². The lowest BCUT2D eigenvalue weighted by molar-refractivity contribution is -0.130. The number of methoxy groups -OCH3 is 1. The number of nitrogens with two attached hydrogens (primary N) is 1. The summed E-state index contributed by atoms with van der Waals surface area (Å²) >= 11 is 0. The summed E-state index contributed by atoms with van der Waals surface area (Å²) in [4.78, 5) is 14.7. The molecule has 1 aromatic heterocycles. The summed E-state index contributed by atoms with van der Waals surface area (Å²) in [5, 5.41) is 1.15. The van der Waals surface area contributed by atoms with E-state index in [1.165, 1.54) is 0 Å². The molecule has 5 nitrogen and oxygen atoms in total. The van der Waals surface area contributed by atoms with E-state index in [-0.39, 0.29) is 17.9 Å². The fourth-order valence-electron chi connectivity index (χ4n) is 3.78. The molecular weight excluding hydrogens is 326 g/mol. The minimum Gasteiger partial charge on any atom is -0.497 e. The second-order valence-electron chi connectivity index (χ2n) is 6.85. The Morgan fingerprint density at radius 1 is 1.15 bits per heavy atom. The van der Waals surface area contributed by atoms with Crippen LogP contribution in [-0.4, -0.2) is 41.6 Å². The molecule has 1 amide bonds. The average Bonchev–Trinajstić information content (AvgIpc) is 3.26. The number of aromatic nitrogens is 1. The Hall–Kier alpha value is -2.79. The third kappa shape index (κ3) is 3.06. The van der Waals surface area contributed by atoms with Crippen LogP contribution in [0.2, 0.25) is 0 Å². The lowest BCUT2D eigenvalue weighted by Crippen LogP contribution is -2.34. The van der Waals surface area contributed by atoms with Crippen LogP contribution in [0.25, 0.3) is 10.9 Å². The highest BCUT2D eigenvalue weighted by Crippen LogP contribution is 2.29. The summed E-state index contributed by atoms with van der Waals surface area (Å²) in [6.07, 6.45) is 1.97. The van der Waals surface area contributed by atoms with Crippen LogP contribution in [0.4, 0.5) is 0 Å². The van der Waals surface area contributed by atoms with Crippen LogP contribution in [0, 0.1) is 0 Å². The summed E-state index contributed by atoms with van der Waals surface area (Å²) in [5.41, 5.74) is 8.55. The first-order valence-electron chi connectivity index (χ1n) is 8.87. The Morgan fingerprint density at radius 3 is 2.85 bits per heavy atom. The molecule has 0 aliphatic carbocycles. The zero-order valence-corrected chi connectivity index (χ0v) is 14.8. The Bertz CT molecular complexity index is 934. The highest BCUT2D eigenvalue weighted by Gasteiger charge is 2.34. The molecule has 1 fully saturated rings. The third-order valence-electron chi connectivity index (χ3n) is 5.23. The Balaban J connectivity index is 1.49. The first-order chi connectivity index (χ1) is 12.7. The maximum Gasteiger partial charge on any atom is 0.242 e. The normalized spacial score (nSPS) is 19.8. The van der Waals surface area contributed by atoms with E-state index in [2.05, 4.69) is 12.1 Å². The van der Waals surface area contributed by atoms with Crippen LogP contribution in [0.1, 0.15) is 11.5 Å². The van der Waals surface area contributed by atoms with Gasteiger partial charge in [-0.05, 0) is 35.2 Å². The van der Waals surface area contributed by atoms with Gasteiger partial charge >= 0.3 is 0 Å². The van der Waals surface area contributed by atoms with Gasteiger partial charge in [-0.2, -0.15) is 0 Å². The zero-order valence-electron chi connectivity index (χ0n) is 14.8. The molecule has 2 aromatic carbocycles. The van der Waals surface area contributed by atoms with Gasteiger partial charge in [-0.3, -0.25) is 4.79 Å². The van der Waals surface area contributed by atoms with Gasteiger partial charge in [-0.1, -0.05) is 30.3 Å². The molecule has 5 heteroatoms. The molecule has 0 bridgehead atoms. The third-order valence-corrected chi connectivity index (χ3v) is 5.23. The Labute approximate surface area is 153 Å². The van der Waals surface area contributed by atoms with Crippen molar-refractivity contribution in [2.75, 3.05) is 20.2 Å². The minimum absolute atomic E-state index is 0.0625. The van der Waals surface area contributed by atoms with E-state index in [0.717, 1.165) is 22.2 Å². The van der Waals surface area contributed by atoms with Crippen molar-refractivity contribution in [3.63, 3.8) is 0 Å². The van der Waals surface area contributed by atoms with Gasteiger partial charge in [0.1, 0.15) is 12.3 Å². The predicted octanol–water partition coefficient (Wildman–Crippen LogP) is 2.60. The lowest BCUT2D eigenvalue weighted by atomic mass is 9.95. The number of para-hydroxylation sites is 1. The van der Waals surface area contributed by atoms with Crippen molar-refractivity contribution in [2.24, 2.45) is 5.73 Å². The highest BCUT2D eigenvalue weighted by molar-refractivity contribution is 5.83.